The number of carbonyl (C=O) groups is 1. The van der Waals surface area contributed by atoms with Crippen LogP contribution in [0.3, 0.4) is 0 Å². The number of methoxy groups -OCH3 is 2. The van der Waals surface area contributed by atoms with E-state index in [0.29, 0.717) is 22.7 Å². The van der Waals surface area contributed by atoms with Gasteiger partial charge in [-0.05, 0) is 48.0 Å². The Morgan fingerprint density at radius 3 is 2.20 bits per heavy atom. The Balaban J connectivity index is 2.24. The summed E-state index contributed by atoms with van der Waals surface area (Å²) in [6, 6.07) is 11.7. The lowest BCUT2D eigenvalue weighted by Crippen LogP contribution is -2.13. The minimum absolute atomic E-state index is 0.0897. The lowest BCUT2D eigenvalue weighted by atomic mass is 10.1. The molecule has 2 aromatic rings. The zero-order valence-corrected chi connectivity index (χ0v) is 15.0. The van der Waals surface area contributed by atoms with Crippen molar-refractivity contribution in [3.63, 3.8) is 0 Å². The Kier molecular flexibility index (Phi) is 6.29. The van der Waals surface area contributed by atoms with Crippen LogP contribution in [0, 0.1) is 11.3 Å². The number of rotatable bonds is 5. The van der Waals surface area contributed by atoms with Gasteiger partial charge in [0.1, 0.15) is 17.4 Å². The highest BCUT2D eigenvalue weighted by atomic mass is 35.5. The van der Waals surface area contributed by atoms with Crippen LogP contribution in [0.1, 0.15) is 5.56 Å². The summed E-state index contributed by atoms with van der Waals surface area (Å²) in [5.74, 6) is 0.453. The molecule has 0 aliphatic carbocycles. The lowest BCUT2D eigenvalue weighted by molar-refractivity contribution is -0.112. The maximum atomic E-state index is 12.3. The third-order valence-corrected chi connectivity index (χ3v) is 3.81. The van der Waals surface area contributed by atoms with E-state index in [0.717, 1.165) is 0 Å². The first-order valence-corrected chi connectivity index (χ1v) is 7.84. The number of halogens is 2. The van der Waals surface area contributed by atoms with Gasteiger partial charge < -0.3 is 14.8 Å². The highest BCUT2D eigenvalue weighted by molar-refractivity contribution is 6.37. The van der Waals surface area contributed by atoms with Crippen LogP contribution in [-0.2, 0) is 4.79 Å². The third-order valence-electron chi connectivity index (χ3n) is 3.25. The van der Waals surface area contributed by atoms with E-state index in [1.165, 1.54) is 13.2 Å². The van der Waals surface area contributed by atoms with Gasteiger partial charge in [-0.15, -0.1) is 0 Å². The monoisotopic (exact) mass is 376 g/mol. The molecule has 0 heterocycles. The molecule has 0 saturated carbocycles. The van der Waals surface area contributed by atoms with Gasteiger partial charge in [-0.1, -0.05) is 23.2 Å². The van der Waals surface area contributed by atoms with Crippen LogP contribution in [0.5, 0.6) is 11.5 Å². The molecule has 128 valence electrons. The number of benzene rings is 2. The molecule has 0 aromatic heterocycles. The minimum atomic E-state index is -0.546. The molecule has 25 heavy (non-hydrogen) atoms. The Morgan fingerprint density at radius 2 is 1.72 bits per heavy atom. The molecule has 2 aromatic carbocycles. The van der Waals surface area contributed by atoms with Gasteiger partial charge in [-0.3, -0.25) is 4.79 Å². The predicted molar refractivity (Wildman–Crippen MR) is 98.2 cm³/mol. The van der Waals surface area contributed by atoms with E-state index in [4.69, 9.17) is 32.7 Å². The largest absolute Gasteiger partial charge is 0.497 e. The number of amides is 1. The van der Waals surface area contributed by atoms with E-state index in [9.17, 15) is 10.1 Å². The molecule has 0 unspecified atom stereocenters. The van der Waals surface area contributed by atoms with Gasteiger partial charge in [0.2, 0.25) is 0 Å². The van der Waals surface area contributed by atoms with Crippen molar-refractivity contribution in [1.82, 2.24) is 0 Å². The molecule has 0 atom stereocenters. The molecule has 0 bridgehead atoms. The molecule has 2 rings (SSSR count). The number of nitriles is 1. The summed E-state index contributed by atoms with van der Waals surface area (Å²) in [6.45, 7) is 0. The van der Waals surface area contributed by atoms with Crippen LogP contribution >= 0.6 is 23.2 Å². The summed E-state index contributed by atoms with van der Waals surface area (Å²) in [7, 11) is 3.00. The number of ether oxygens (including phenoxy) is 2. The van der Waals surface area contributed by atoms with Gasteiger partial charge in [0.15, 0.2) is 5.75 Å². The Morgan fingerprint density at radius 1 is 1.12 bits per heavy atom. The second kappa shape index (κ2) is 8.43. The van der Waals surface area contributed by atoms with Crippen LogP contribution in [0.4, 0.5) is 5.69 Å². The summed E-state index contributed by atoms with van der Waals surface area (Å²) in [4.78, 5) is 12.3. The lowest BCUT2D eigenvalue weighted by Gasteiger charge is -2.08. The Labute approximate surface area is 155 Å². The molecule has 1 amide bonds. The quantitative estimate of drug-likeness (QED) is 0.613. The van der Waals surface area contributed by atoms with Gasteiger partial charge in [0.25, 0.3) is 5.91 Å². The molecule has 0 aliphatic rings. The zero-order chi connectivity index (χ0) is 18.4. The zero-order valence-electron chi connectivity index (χ0n) is 13.5. The van der Waals surface area contributed by atoms with Crippen molar-refractivity contribution in [3.05, 3.63) is 57.6 Å². The van der Waals surface area contributed by atoms with E-state index in [-0.39, 0.29) is 15.6 Å². The van der Waals surface area contributed by atoms with Gasteiger partial charge in [0.05, 0.1) is 24.3 Å². The SMILES string of the molecule is COc1ccc(NC(=O)/C(C#N)=C\c2cc(Cl)c(OC)c(Cl)c2)cc1. The number of nitrogens with one attached hydrogen (secondary N) is 1. The number of carbonyl (C=O) groups excluding carboxylic acids is 1. The van der Waals surface area contributed by atoms with E-state index in [1.54, 1.807) is 43.5 Å². The van der Waals surface area contributed by atoms with E-state index in [1.807, 2.05) is 6.07 Å². The number of nitrogens with zero attached hydrogens (tertiary/aromatic N) is 1. The molecule has 0 aliphatic heterocycles. The Bertz CT molecular complexity index is 833. The van der Waals surface area contributed by atoms with Crippen molar-refractivity contribution in [2.24, 2.45) is 0 Å². The predicted octanol–water partition coefficient (Wildman–Crippen LogP) is 4.56. The maximum absolute atomic E-state index is 12.3. The average molecular weight is 377 g/mol. The van der Waals surface area contributed by atoms with Gasteiger partial charge >= 0.3 is 0 Å². The van der Waals surface area contributed by atoms with Gasteiger partial charge in [-0.2, -0.15) is 5.26 Å². The van der Waals surface area contributed by atoms with E-state index < -0.39 is 5.91 Å². The molecular weight excluding hydrogens is 363 g/mol. The average Bonchev–Trinajstić information content (AvgIpc) is 2.60. The Hall–Kier alpha value is -2.68. The number of anilines is 1. The molecular formula is C18H14Cl2N2O3. The van der Waals surface area contributed by atoms with Gasteiger partial charge in [-0.25, -0.2) is 0 Å². The standard InChI is InChI=1S/C18H14Cl2N2O3/c1-24-14-5-3-13(4-6-14)22-18(23)12(10-21)7-11-8-15(19)17(25-2)16(20)9-11/h3-9H,1-2H3,(H,22,23)/b12-7-. The third kappa shape index (κ3) is 4.66. The summed E-state index contributed by atoms with van der Waals surface area (Å²) >= 11 is 12.1. The van der Waals surface area contributed by atoms with Crippen LogP contribution in [0.2, 0.25) is 10.0 Å². The van der Waals surface area contributed by atoms with E-state index >= 15 is 0 Å². The second-order valence-electron chi connectivity index (χ2n) is 4.87. The normalized spacial score (nSPS) is 10.8. The first kappa shape index (κ1) is 18.7. The second-order valence-corrected chi connectivity index (χ2v) is 5.68. The topological polar surface area (TPSA) is 71.3 Å². The fourth-order valence-electron chi connectivity index (χ4n) is 2.05. The minimum Gasteiger partial charge on any atom is -0.497 e. The summed E-state index contributed by atoms with van der Waals surface area (Å²) in [5.41, 5.74) is 0.961. The molecule has 0 spiro atoms. The van der Waals surface area contributed by atoms with Crippen molar-refractivity contribution < 1.29 is 14.3 Å². The van der Waals surface area contributed by atoms with Crippen molar-refractivity contribution in [2.75, 3.05) is 19.5 Å². The van der Waals surface area contributed by atoms with Crippen LogP contribution < -0.4 is 14.8 Å². The summed E-state index contributed by atoms with van der Waals surface area (Å²) < 4.78 is 10.1. The fraction of sp³-hybridized carbons (Fsp3) is 0.111. The highest BCUT2D eigenvalue weighted by Crippen LogP contribution is 2.34. The van der Waals surface area contributed by atoms with Gasteiger partial charge in [0, 0.05) is 5.69 Å². The van der Waals surface area contributed by atoms with Crippen molar-refractivity contribution >= 4 is 40.9 Å². The fourth-order valence-corrected chi connectivity index (χ4v) is 2.70. The summed E-state index contributed by atoms with van der Waals surface area (Å²) in [6.07, 6.45) is 1.40. The van der Waals surface area contributed by atoms with Crippen LogP contribution in [0.25, 0.3) is 6.08 Å². The number of hydrogen-bond donors (Lipinski definition) is 1. The van der Waals surface area contributed by atoms with E-state index in [2.05, 4.69) is 5.32 Å². The van der Waals surface area contributed by atoms with Crippen LogP contribution in [0.15, 0.2) is 42.0 Å². The van der Waals surface area contributed by atoms with Crippen molar-refractivity contribution in [2.45, 2.75) is 0 Å². The van der Waals surface area contributed by atoms with Crippen molar-refractivity contribution in [1.29, 1.82) is 5.26 Å². The molecule has 1 N–H and O–H groups in total. The highest BCUT2D eigenvalue weighted by Gasteiger charge is 2.12. The number of hydrogen-bond acceptors (Lipinski definition) is 4. The maximum Gasteiger partial charge on any atom is 0.266 e. The molecule has 7 heteroatoms. The summed E-state index contributed by atoms with van der Waals surface area (Å²) in [5, 5.41) is 12.5. The van der Waals surface area contributed by atoms with Crippen molar-refractivity contribution in [3.8, 4) is 17.6 Å². The first-order valence-electron chi connectivity index (χ1n) is 7.08. The van der Waals surface area contributed by atoms with Crippen LogP contribution in [-0.4, -0.2) is 20.1 Å². The molecule has 0 fully saturated rings. The molecule has 5 nitrogen and oxygen atoms in total. The molecule has 0 radical (unpaired) electrons. The first-order chi connectivity index (χ1) is 12.0. The smallest absolute Gasteiger partial charge is 0.266 e. The molecule has 0 saturated heterocycles.